The summed E-state index contributed by atoms with van der Waals surface area (Å²) in [6.45, 7) is 2.57. The minimum atomic E-state index is 0.584. The minimum Gasteiger partial charge on any atom is -0.326 e. The maximum atomic E-state index is 5.52. The number of hydrogen-bond acceptors (Lipinski definition) is 2. The van der Waals surface area contributed by atoms with Crippen LogP contribution in [0.4, 0.5) is 0 Å². The summed E-state index contributed by atoms with van der Waals surface area (Å²) in [4.78, 5) is 0. The molecule has 2 N–H and O–H groups in total. The standard InChI is InChI=1S/C9H11N3/c1-7-4-9-5-8(6-10)2-3-12(9)11-7/h2-5H,6,10H2,1H3. The molecule has 0 aromatic carbocycles. The summed E-state index contributed by atoms with van der Waals surface area (Å²) in [5.41, 5.74) is 8.80. The number of nitrogens with two attached hydrogens (primary N) is 1. The van der Waals surface area contributed by atoms with Crippen LogP contribution in [-0.2, 0) is 6.54 Å². The van der Waals surface area contributed by atoms with Crippen LogP contribution in [0.3, 0.4) is 0 Å². The molecule has 0 aliphatic carbocycles. The summed E-state index contributed by atoms with van der Waals surface area (Å²) in [5, 5.41) is 4.26. The van der Waals surface area contributed by atoms with Gasteiger partial charge in [-0.15, -0.1) is 0 Å². The van der Waals surface area contributed by atoms with E-state index in [1.54, 1.807) is 0 Å². The van der Waals surface area contributed by atoms with Crippen LogP contribution in [0, 0.1) is 6.92 Å². The highest BCUT2D eigenvalue weighted by atomic mass is 15.2. The Balaban J connectivity index is 2.66. The molecule has 0 bridgehead atoms. The van der Waals surface area contributed by atoms with Crippen molar-refractivity contribution in [3.63, 3.8) is 0 Å². The van der Waals surface area contributed by atoms with Gasteiger partial charge in [-0.3, -0.25) is 0 Å². The number of pyridine rings is 1. The van der Waals surface area contributed by atoms with Crippen LogP contribution < -0.4 is 5.73 Å². The van der Waals surface area contributed by atoms with Crippen molar-refractivity contribution in [3.8, 4) is 0 Å². The zero-order valence-electron chi connectivity index (χ0n) is 6.99. The quantitative estimate of drug-likeness (QED) is 0.680. The largest absolute Gasteiger partial charge is 0.326 e. The molecule has 2 aromatic heterocycles. The maximum absolute atomic E-state index is 5.52. The molecule has 0 saturated carbocycles. The van der Waals surface area contributed by atoms with E-state index in [-0.39, 0.29) is 0 Å². The predicted molar refractivity (Wildman–Crippen MR) is 47.8 cm³/mol. The molecule has 12 heavy (non-hydrogen) atoms. The van der Waals surface area contributed by atoms with Gasteiger partial charge in [0.15, 0.2) is 0 Å². The lowest BCUT2D eigenvalue weighted by atomic mass is 10.2. The lowest BCUT2D eigenvalue weighted by Crippen LogP contribution is -1.97. The van der Waals surface area contributed by atoms with Crippen LogP contribution >= 0.6 is 0 Å². The van der Waals surface area contributed by atoms with Crippen molar-refractivity contribution >= 4 is 5.52 Å². The Hall–Kier alpha value is -1.35. The zero-order chi connectivity index (χ0) is 8.55. The summed E-state index contributed by atoms with van der Waals surface area (Å²) < 4.78 is 1.86. The molecule has 0 spiro atoms. The van der Waals surface area contributed by atoms with Crippen molar-refractivity contribution in [2.24, 2.45) is 5.73 Å². The van der Waals surface area contributed by atoms with Crippen molar-refractivity contribution < 1.29 is 0 Å². The number of hydrogen-bond donors (Lipinski definition) is 1. The molecule has 0 aliphatic rings. The SMILES string of the molecule is Cc1cc2cc(CN)ccn2n1. The van der Waals surface area contributed by atoms with Gasteiger partial charge in [0, 0.05) is 12.7 Å². The monoisotopic (exact) mass is 161 g/mol. The predicted octanol–water partition coefficient (Wildman–Crippen LogP) is 1.10. The molecule has 62 valence electrons. The highest BCUT2D eigenvalue weighted by Gasteiger charge is 1.97. The van der Waals surface area contributed by atoms with Crippen LogP contribution in [0.25, 0.3) is 5.52 Å². The van der Waals surface area contributed by atoms with Crippen molar-refractivity contribution in [1.82, 2.24) is 9.61 Å². The van der Waals surface area contributed by atoms with Crippen LogP contribution in [-0.4, -0.2) is 9.61 Å². The lowest BCUT2D eigenvalue weighted by Gasteiger charge is -1.96. The summed E-state index contributed by atoms with van der Waals surface area (Å²) in [6, 6.07) is 6.08. The molecule has 2 heterocycles. The fraction of sp³-hybridized carbons (Fsp3) is 0.222. The Morgan fingerprint density at radius 2 is 2.33 bits per heavy atom. The molecule has 0 aliphatic heterocycles. The van der Waals surface area contributed by atoms with E-state index >= 15 is 0 Å². The first-order chi connectivity index (χ1) is 5.79. The van der Waals surface area contributed by atoms with Gasteiger partial charge in [0.1, 0.15) is 0 Å². The molecule has 3 heteroatoms. The van der Waals surface area contributed by atoms with Crippen molar-refractivity contribution in [2.75, 3.05) is 0 Å². The number of nitrogens with zero attached hydrogens (tertiary/aromatic N) is 2. The zero-order valence-corrected chi connectivity index (χ0v) is 6.99. The number of aromatic nitrogens is 2. The molecule has 3 nitrogen and oxygen atoms in total. The Bertz CT molecular complexity index is 403. The van der Waals surface area contributed by atoms with Gasteiger partial charge in [0.2, 0.25) is 0 Å². The third-order valence-electron chi connectivity index (χ3n) is 1.89. The van der Waals surface area contributed by atoms with Gasteiger partial charge in [0.25, 0.3) is 0 Å². The first-order valence-corrected chi connectivity index (χ1v) is 3.94. The highest BCUT2D eigenvalue weighted by molar-refractivity contribution is 5.49. The fourth-order valence-electron chi connectivity index (χ4n) is 1.30. The van der Waals surface area contributed by atoms with E-state index in [1.165, 1.54) is 0 Å². The van der Waals surface area contributed by atoms with Gasteiger partial charge >= 0.3 is 0 Å². The number of aryl methyl sites for hydroxylation is 1. The second-order valence-corrected chi connectivity index (χ2v) is 2.89. The smallest absolute Gasteiger partial charge is 0.0667 e. The van der Waals surface area contributed by atoms with Crippen LogP contribution in [0.15, 0.2) is 24.4 Å². The molecule has 0 unspecified atom stereocenters. The summed E-state index contributed by atoms with van der Waals surface area (Å²) in [5.74, 6) is 0. The molecule has 2 aromatic rings. The molecule has 0 amide bonds. The Morgan fingerprint density at radius 1 is 1.50 bits per heavy atom. The van der Waals surface area contributed by atoms with E-state index < -0.39 is 0 Å². The normalized spacial score (nSPS) is 10.8. The van der Waals surface area contributed by atoms with E-state index in [2.05, 4.69) is 11.2 Å². The Kier molecular flexibility index (Phi) is 1.59. The van der Waals surface area contributed by atoms with Gasteiger partial charge in [-0.05, 0) is 30.7 Å². The van der Waals surface area contributed by atoms with Crippen LogP contribution in [0.2, 0.25) is 0 Å². The minimum absolute atomic E-state index is 0.584. The highest BCUT2D eigenvalue weighted by Crippen LogP contribution is 2.07. The average molecular weight is 161 g/mol. The molecule has 0 saturated heterocycles. The van der Waals surface area contributed by atoms with E-state index in [0.29, 0.717) is 6.54 Å². The van der Waals surface area contributed by atoms with E-state index in [9.17, 15) is 0 Å². The topological polar surface area (TPSA) is 43.3 Å². The third kappa shape index (κ3) is 1.08. The molecule has 2 rings (SSSR count). The maximum Gasteiger partial charge on any atom is 0.0667 e. The van der Waals surface area contributed by atoms with Crippen LogP contribution in [0.5, 0.6) is 0 Å². The van der Waals surface area contributed by atoms with E-state index in [1.807, 2.05) is 29.8 Å². The van der Waals surface area contributed by atoms with Crippen molar-refractivity contribution in [2.45, 2.75) is 13.5 Å². The first kappa shape index (κ1) is 7.31. The van der Waals surface area contributed by atoms with Crippen molar-refractivity contribution in [1.29, 1.82) is 0 Å². The Morgan fingerprint density at radius 3 is 3.08 bits per heavy atom. The van der Waals surface area contributed by atoms with Gasteiger partial charge in [-0.1, -0.05) is 0 Å². The van der Waals surface area contributed by atoms with Gasteiger partial charge in [0.05, 0.1) is 11.2 Å². The molecule has 0 atom stereocenters. The summed E-state index contributed by atoms with van der Waals surface area (Å²) in [6.07, 6.45) is 1.94. The lowest BCUT2D eigenvalue weighted by molar-refractivity contribution is 0.924. The third-order valence-corrected chi connectivity index (χ3v) is 1.89. The fourth-order valence-corrected chi connectivity index (χ4v) is 1.30. The van der Waals surface area contributed by atoms with Gasteiger partial charge in [-0.2, -0.15) is 5.10 Å². The summed E-state index contributed by atoms with van der Waals surface area (Å²) >= 11 is 0. The van der Waals surface area contributed by atoms with Crippen molar-refractivity contribution in [3.05, 3.63) is 35.7 Å². The molecular weight excluding hydrogens is 150 g/mol. The molecule has 0 fully saturated rings. The number of fused-ring (bicyclic) bond motifs is 1. The average Bonchev–Trinajstić information content (AvgIpc) is 2.43. The molecule has 0 radical (unpaired) electrons. The first-order valence-electron chi connectivity index (χ1n) is 3.94. The number of rotatable bonds is 1. The second-order valence-electron chi connectivity index (χ2n) is 2.89. The summed E-state index contributed by atoms with van der Waals surface area (Å²) in [7, 11) is 0. The van der Waals surface area contributed by atoms with Gasteiger partial charge < -0.3 is 5.73 Å². The second kappa shape index (κ2) is 2.60. The molecular formula is C9H11N3. The van der Waals surface area contributed by atoms with Gasteiger partial charge in [-0.25, -0.2) is 4.52 Å². The van der Waals surface area contributed by atoms with E-state index in [4.69, 9.17) is 5.73 Å². The Labute approximate surface area is 70.8 Å². The van der Waals surface area contributed by atoms with Crippen LogP contribution in [0.1, 0.15) is 11.3 Å². The van der Waals surface area contributed by atoms with E-state index in [0.717, 1.165) is 16.8 Å².